The van der Waals surface area contributed by atoms with E-state index in [1.165, 1.54) is 9.80 Å². The lowest BCUT2D eigenvalue weighted by Gasteiger charge is -2.42. The molecule has 0 radical (unpaired) electrons. The summed E-state index contributed by atoms with van der Waals surface area (Å²) in [6.45, 7) is 17.4. The number of nitrogens with one attached hydrogen (secondary N) is 6. The standard InChI is InChI=1S/C50H82N10O18/c1-45(2,3)73-41(69)53-29-49(55-33(61)15-13-17-39(67)77-59-35(63)19-20-36(59)64)27-51-23-24-52-28-50(30-54-42(70)74-46(4,5)6,56-34(62)16-14-18-40(68)78-60-37(65)21-22-38(60)66)32-58(44(72)76-48(10,11)12)26-25-57(31-49)43(71)75-47(7,8)9/h51-52H,13-32H2,1-12H3,(H,53,69)(H,54,70)(H,55,61)(H,56,62). The fourth-order valence-electron chi connectivity index (χ4n) is 7.76. The molecule has 0 spiro atoms. The van der Waals surface area contributed by atoms with E-state index in [-0.39, 0.29) is 117 Å². The molecule has 3 rings (SSSR count). The molecule has 3 aliphatic heterocycles. The zero-order valence-corrected chi connectivity index (χ0v) is 47.3. The van der Waals surface area contributed by atoms with Gasteiger partial charge in [0, 0.05) is 104 Å². The molecule has 3 aliphatic rings. The maximum atomic E-state index is 14.5. The molecule has 0 aliphatic carbocycles. The lowest BCUT2D eigenvalue weighted by molar-refractivity contribution is -0.197. The lowest BCUT2D eigenvalue weighted by Crippen LogP contribution is -2.69. The third-order valence-corrected chi connectivity index (χ3v) is 11.1. The summed E-state index contributed by atoms with van der Waals surface area (Å²) < 4.78 is 22.8. The van der Waals surface area contributed by atoms with E-state index in [4.69, 9.17) is 28.6 Å². The van der Waals surface area contributed by atoms with E-state index in [0.29, 0.717) is 10.1 Å². The minimum absolute atomic E-state index is 0.106. The van der Waals surface area contributed by atoms with Crippen LogP contribution >= 0.6 is 0 Å². The fraction of sp³-hybridized carbons (Fsp3) is 0.760. The van der Waals surface area contributed by atoms with Gasteiger partial charge in [0.25, 0.3) is 23.6 Å². The molecule has 28 nitrogen and oxygen atoms in total. The van der Waals surface area contributed by atoms with Gasteiger partial charge >= 0.3 is 36.3 Å². The molecule has 10 amide bonds. The highest BCUT2D eigenvalue weighted by molar-refractivity contribution is 6.02. The van der Waals surface area contributed by atoms with Crippen LogP contribution in [0.1, 0.15) is 147 Å². The summed E-state index contributed by atoms with van der Waals surface area (Å²) in [6, 6.07) is 0. The molecule has 0 aromatic heterocycles. The van der Waals surface area contributed by atoms with Gasteiger partial charge in [0.2, 0.25) is 11.8 Å². The van der Waals surface area contributed by atoms with E-state index in [2.05, 4.69) is 31.9 Å². The molecular formula is C50H82N10O18. The second-order valence-electron chi connectivity index (χ2n) is 23.3. The van der Waals surface area contributed by atoms with Crippen molar-refractivity contribution in [3.63, 3.8) is 0 Å². The van der Waals surface area contributed by atoms with Gasteiger partial charge in [0.1, 0.15) is 22.4 Å². The Labute approximate surface area is 454 Å². The van der Waals surface area contributed by atoms with Crippen LogP contribution in [0.3, 0.4) is 0 Å². The van der Waals surface area contributed by atoms with Crippen LogP contribution < -0.4 is 31.9 Å². The van der Waals surface area contributed by atoms with Crippen LogP contribution in [0.5, 0.6) is 0 Å². The predicted molar refractivity (Wildman–Crippen MR) is 274 cm³/mol. The number of hydrogen-bond donors (Lipinski definition) is 6. The van der Waals surface area contributed by atoms with E-state index in [9.17, 15) is 57.5 Å². The van der Waals surface area contributed by atoms with Gasteiger partial charge in [-0.2, -0.15) is 0 Å². The molecule has 0 aromatic rings. The summed E-state index contributed by atoms with van der Waals surface area (Å²) in [4.78, 5) is 169. The largest absolute Gasteiger partial charge is 0.444 e. The second kappa shape index (κ2) is 28.2. The first kappa shape index (κ1) is 65.4. The molecule has 6 N–H and O–H groups in total. The first-order valence-electron chi connectivity index (χ1n) is 26.0. The Morgan fingerprint density at radius 1 is 0.474 bits per heavy atom. The van der Waals surface area contributed by atoms with E-state index in [1.54, 1.807) is 83.1 Å². The molecule has 0 aromatic carbocycles. The Balaban J connectivity index is 2.09. The van der Waals surface area contributed by atoms with Crippen molar-refractivity contribution in [2.75, 3.05) is 65.4 Å². The molecule has 2 unspecified atom stereocenters. The summed E-state index contributed by atoms with van der Waals surface area (Å²) in [5.74, 6) is -5.82. The first-order chi connectivity index (χ1) is 36.0. The van der Waals surface area contributed by atoms with Gasteiger partial charge in [0.15, 0.2) is 0 Å². The molecule has 28 heteroatoms. The fourth-order valence-corrected chi connectivity index (χ4v) is 7.76. The molecule has 3 heterocycles. The first-order valence-corrected chi connectivity index (χ1v) is 26.0. The summed E-state index contributed by atoms with van der Waals surface area (Å²) in [7, 11) is 0. The Bertz CT molecular complexity index is 2030. The molecule has 3 fully saturated rings. The van der Waals surface area contributed by atoms with Gasteiger partial charge in [-0.15, -0.1) is 10.1 Å². The number of hydrogen-bond acceptors (Lipinski definition) is 20. The normalized spacial score (nSPS) is 20.3. The molecule has 0 bridgehead atoms. The maximum absolute atomic E-state index is 14.5. The van der Waals surface area contributed by atoms with Gasteiger partial charge in [-0.1, -0.05) is 0 Å². The number of amides is 10. The number of alkyl carbamates (subject to hydrolysis) is 2. The van der Waals surface area contributed by atoms with Gasteiger partial charge in [-0.3, -0.25) is 28.8 Å². The molecule has 78 heavy (non-hydrogen) atoms. The van der Waals surface area contributed by atoms with Crippen molar-refractivity contribution in [1.29, 1.82) is 0 Å². The Kier molecular flexibility index (Phi) is 23.6. The number of hydroxylamine groups is 4. The van der Waals surface area contributed by atoms with Crippen LogP contribution in [-0.4, -0.2) is 191 Å². The van der Waals surface area contributed by atoms with Gasteiger partial charge < -0.3 is 70.3 Å². The van der Waals surface area contributed by atoms with E-state index in [1.807, 2.05) is 0 Å². The minimum Gasteiger partial charge on any atom is -0.444 e. The van der Waals surface area contributed by atoms with E-state index >= 15 is 0 Å². The highest BCUT2D eigenvalue weighted by Crippen LogP contribution is 2.21. The zero-order valence-electron chi connectivity index (χ0n) is 47.3. The summed E-state index contributed by atoms with van der Waals surface area (Å²) in [6.07, 6.45) is -5.52. The highest BCUT2D eigenvalue weighted by atomic mass is 16.7. The number of imide groups is 2. The average Bonchev–Trinajstić information content (AvgIpc) is 3.77. The van der Waals surface area contributed by atoms with Crippen LogP contribution in [0, 0.1) is 0 Å². The Morgan fingerprint density at radius 2 is 0.782 bits per heavy atom. The quantitative estimate of drug-likeness (QED) is 0.0950. The van der Waals surface area contributed by atoms with Crippen molar-refractivity contribution in [2.45, 2.75) is 181 Å². The minimum atomic E-state index is -1.60. The molecule has 2 atom stereocenters. The molecule has 440 valence electrons. The predicted octanol–water partition coefficient (Wildman–Crippen LogP) is 1.97. The van der Waals surface area contributed by atoms with Crippen molar-refractivity contribution in [2.24, 2.45) is 0 Å². The average molecular weight is 1110 g/mol. The lowest BCUT2D eigenvalue weighted by atomic mass is 9.96. The van der Waals surface area contributed by atoms with E-state index < -0.39 is 118 Å². The number of ether oxygens (including phenoxy) is 4. The zero-order chi connectivity index (χ0) is 58.9. The van der Waals surface area contributed by atoms with Crippen LogP contribution in [-0.2, 0) is 67.0 Å². The van der Waals surface area contributed by atoms with Crippen LogP contribution in [0.15, 0.2) is 0 Å². The Hall–Kier alpha value is -6.84. The second-order valence-corrected chi connectivity index (χ2v) is 23.3. The van der Waals surface area contributed by atoms with Crippen molar-refractivity contribution < 1.29 is 86.2 Å². The third-order valence-electron chi connectivity index (χ3n) is 11.1. The van der Waals surface area contributed by atoms with Gasteiger partial charge in [-0.25, -0.2) is 28.8 Å². The summed E-state index contributed by atoms with van der Waals surface area (Å²) >= 11 is 0. The number of rotatable bonds is 16. The monoisotopic (exact) mass is 1110 g/mol. The molecular weight excluding hydrogens is 1030 g/mol. The van der Waals surface area contributed by atoms with Gasteiger partial charge in [-0.05, 0) is 95.9 Å². The van der Waals surface area contributed by atoms with Crippen LogP contribution in [0.2, 0.25) is 0 Å². The third kappa shape index (κ3) is 24.2. The van der Waals surface area contributed by atoms with Crippen LogP contribution in [0.25, 0.3) is 0 Å². The molecule has 0 saturated carbocycles. The topological polar surface area (TPSA) is 345 Å². The van der Waals surface area contributed by atoms with Crippen molar-refractivity contribution in [3.05, 3.63) is 0 Å². The molecule has 3 saturated heterocycles. The summed E-state index contributed by atoms with van der Waals surface area (Å²) in [5.41, 5.74) is -7.24. The maximum Gasteiger partial charge on any atom is 0.410 e. The number of carbonyl (C=O) groups is 12. The highest BCUT2D eigenvalue weighted by Gasteiger charge is 2.42. The smallest absolute Gasteiger partial charge is 0.410 e. The number of nitrogens with zero attached hydrogens (tertiary/aromatic N) is 4. The Morgan fingerprint density at radius 3 is 1.08 bits per heavy atom. The summed E-state index contributed by atoms with van der Waals surface area (Å²) in [5, 5.41) is 18.6. The van der Waals surface area contributed by atoms with Crippen molar-refractivity contribution in [1.82, 2.24) is 51.8 Å². The SMILES string of the molecule is CC(C)(C)OC(=O)NCC1(NC(=O)CCCC(=O)ON2C(=O)CCC2=O)CNCCNCC(CNC(=O)OC(C)(C)C)(NC(=O)CCCC(=O)ON2C(=O)CCC2=O)CN(C(=O)OC(C)(C)C)CCN(C(=O)OC(C)(C)C)C1. The van der Waals surface area contributed by atoms with Crippen LogP contribution in [0.4, 0.5) is 19.2 Å². The van der Waals surface area contributed by atoms with Crippen molar-refractivity contribution >= 4 is 71.8 Å². The van der Waals surface area contributed by atoms with Crippen molar-refractivity contribution in [3.8, 4) is 0 Å². The van der Waals surface area contributed by atoms with Gasteiger partial charge in [0.05, 0.1) is 24.2 Å². The van der Waals surface area contributed by atoms with E-state index in [0.717, 1.165) is 0 Å². The number of carbonyl (C=O) groups excluding carboxylic acids is 12.